The van der Waals surface area contributed by atoms with Crippen LogP contribution in [0, 0.1) is 16.0 Å². The van der Waals surface area contributed by atoms with Crippen LogP contribution in [0.15, 0.2) is 11.2 Å². The molecule has 1 fully saturated rings. The van der Waals surface area contributed by atoms with Crippen LogP contribution in [0.5, 0.6) is 0 Å². The van der Waals surface area contributed by atoms with Crippen LogP contribution >= 0.6 is 11.8 Å². The number of hydrogen-bond donors (Lipinski definition) is 1. The smallest absolute Gasteiger partial charge is 0.263 e. The maximum Gasteiger partial charge on any atom is 0.263 e. The van der Waals surface area contributed by atoms with Crippen molar-refractivity contribution in [3.05, 3.63) is 21.3 Å². The monoisotopic (exact) mass is 303 g/mol. The van der Waals surface area contributed by atoms with E-state index < -0.39 is 4.92 Å². The SMILES string of the molecule is CCN(CC1CCOC1)CC(C)NC(=C[N+](=O)[O-])SC. The summed E-state index contributed by atoms with van der Waals surface area (Å²) in [4.78, 5) is 12.5. The number of nitro groups is 1. The van der Waals surface area contributed by atoms with Gasteiger partial charge in [0.2, 0.25) is 0 Å². The summed E-state index contributed by atoms with van der Waals surface area (Å²) in [5.41, 5.74) is 0. The van der Waals surface area contributed by atoms with Crippen LogP contribution in [0.1, 0.15) is 20.3 Å². The predicted molar refractivity (Wildman–Crippen MR) is 82.2 cm³/mol. The topological polar surface area (TPSA) is 67.6 Å². The minimum atomic E-state index is -0.418. The van der Waals surface area contributed by atoms with Gasteiger partial charge in [0, 0.05) is 25.7 Å². The minimum Gasteiger partial charge on any atom is -0.381 e. The summed E-state index contributed by atoms with van der Waals surface area (Å²) >= 11 is 1.36. The molecule has 0 aliphatic carbocycles. The molecule has 6 nitrogen and oxygen atoms in total. The number of likely N-dealkylation sites (N-methyl/N-ethyl adjacent to an activating group) is 1. The summed E-state index contributed by atoms with van der Waals surface area (Å²) in [6.07, 6.45) is 4.00. The van der Waals surface area contributed by atoms with Crippen molar-refractivity contribution >= 4 is 11.8 Å². The second kappa shape index (κ2) is 9.20. The van der Waals surface area contributed by atoms with Crippen LogP contribution in [-0.2, 0) is 4.74 Å². The average molecular weight is 303 g/mol. The second-order valence-electron chi connectivity index (χ2n) is 5.11. The van der Waals surface area contributed by atoms with Crippen molar-refractivity contribution in [2.75, 3.05) is 39.1 Å². The van der Waals surface area contributed by atoms with Gasteiger partial charge in [-0.05, 0) is 32.1 Å². The molecule has 1 saturated heterocycles. The fourth-order valence-corrected chi connectivity index (χ4v) is 2.86. The van der Waals surface area contributed by atoms with Gasteiger partial charge in [-0.25, -0.2) is 0 Å². The molecule has 0 aromatic rings. The molecule has 1 heterocycles. The highest BCUT2D eigenvalue weighted by molar-refractivity contribution is 8.02. The third kappa shape index (κ3) is 6.58. The zero-order valence-corrected chi connectivity index (χ0v) is 13.3. The molecular formula is C13H25N3O3S. The predicted octanol–water partition coefficient (Wildman–Crippen LogP) is 1.76. The van der Waals surface area contributed by atoms with Crippen molar-refractivity contribution in [3.8, 4) is 0 Å². The van der Waals surface area contributed by atoms with Crippen molar-refractivity contribution in [1.29, 1.82) is 0 Å². The van der Waals surface area contributed by atoms with Gasteiger partial charge in [-0.1, -0.05) is 6.92 Å². The van der Waals surface area contributed by atoms with Crippen LogP contribution in [0.25, 0.3) is 0 Å². The summed E-state index contributed by atoms with van der Waals surface area (Å²) in [5.74, 6) is 0.622. The molecule has 1 N–H and O–H groups in total. The highest BCUT2D eigenvalue weighted by atomic mass is 32.2. The van der Waals surface area contributed by atoms with Crippen LogP contribution in [0.4, 0.5) is 0 Å². The molecule has 0 aromatic heterocycles. The number of nitrogens with one attached hydrogen (secondary N) is 1. The highest BCUT2D eigenvalue weighted by Gasteiger charge is 2.19. The van der Waals surface area contributed by atoms with Gasteiger partial charge >= 0.3 is 0 Å². The lowest BCUT2D eigenvalue weighted by Gasteiger charge is -2.27. The first-order valence-electron chi connectivity index (χ1n) is 7.01. The van der Waals surface area contributed by atoms with Gasteiger partial charge in [0.15, 0.2) is 0 Å². The Morgan fingerprint density at radius 2 is 2.45 bits per heavy atom. The lowest BCUT2D eigenvalue weighted by molar-refractivity contribution is -0.403. The quantitative estimate of drug-likeness (QED) is 0.517. The lowest BCUT2D eigenvalue weighted by atomic mass is 10.1. The van der Waals surface area contributed by atoms with Gasteiger partial charge in [-0.15, -0.1) is 11.8 Å². The molecule has 0 bridgehead atoms. The van der Waals surface area contributed by atoms with Crippen molar-refractivity contribution in [2.24, 2.45) is 5.92 Å². The molecule has 7 heteroatoms. The molecule has 0 aromatic carbocycles. The maximum atomic E-state index is 10.5. The van der Waals surface area contributed by atoms with Crippen LogP contribution < -0.4 is 5.32 Å². The van der Waals surface area contributed by atoms with E-state index in [9.17, 15) is 10.1 Å². The van der Waals surface area contributed by atoms with Crippen molar-refractivity contribution < 1.29 is 9.66 Å². The third-order valence-corrected chi connectivity index (χ3v) is 4.01. The van der Waals surface area contributed by atoms with Crippen molar-refractivity contribution in [3.63, 3.8) is 0 Å². The molecule has 0 amide bonds. The summed E-state index contributed by atoms with van der Waals surface area (Å²) < 4.78 is 5.40. The fourth-order valence-electron chi connectivity index (χ4n) is 2.35. The van der Waals surface area contributed by atoms with Crippen LogP contribution in [-0.4, -0.2) is 55.0 Å². The Morgan fingerprint density at radius 3 is 2.95 bits per heavy atom. The molecule has 20 heavy (non-hydrogen) atoms. The largest absolute Gasteiger partial charge is 0.381 e. The summed E-state index contributed by atoms with van der Waals surface area (Å²) in [7, 11) is 0. The van der Waals surface area contributed by atoms with Gasteiger partial charge in [0.1, 0.15) is 5.03 Å². The minimum absolute atomic E-state index is 0.177. The van der Waals surface area contributed by atoms with Crippen molar-refractivity contribution in [1.82, 2.24) is 10.2 Å². The van der Waals surface area contributed by atoms with Crippen molar-refractivity contribution in [2.45, 2.75) is 26.3 Å². The van der Waals surface area contributed by atoms with E-state index in [0.29, 0.717) is 10.9 Å². The van der Waals surface area contributed by atoms with E-state index in [4.69, 9.17) is 4.74 Å². The lowest BCUT2D eigenvalue weighted by Crippen LogP contribution is -2.40. The number of thioether (sulfide) groups is 1. The number of nitrogens with zero attached hydrogens (tertiary/aromatic N) is 2. The van der Waals surface area contributed by atoms with Gasteiger partial charge < -0.3 is 15.0 Å². The van der Waals surface area contributed by atoms with E-state index in [1.54, 1.807) is 0 Å². The number of rotatable bonds is 9. The van der Waals surface area contributed by atoms with Gasteiger partial charge in [-0.2, -0.15) is 0 Å². The summed E-state index contributed by atoms with van der Waals surface area (Å²) in [5, 5.41) is 14.3. The summed E-state index contributed by atoms with van der Waals surface area (Å²) in [6.45, 7) is 8.82. The molecule has 1 aliphatic heterocycles. The van der Waals surface area contributed by atoms with Crippen LogP contribution in [0.3, 0.4) is 0 Å². The second-order valence-corrected chi connectivity index (χ2v) is 5.96. The molecule has 0 saturated carbocycles. The highest BCUT2D eigenvalue weighted by Crippen LogP contribution is 2.14. The van der Waals surface area contributed by atoms with Gasteiger partial charge in [0.25, 0.3) is 6.20 Å². The van der Waals surface area contributed by atoms with E-state index in [2.05, 4.69) is 24.1 Å². The van der Waals surface area contributed by atoms with Gasteiger partial charge in [-0.3, -0.25) is 10.1 Å². The number of ether oxygens (including phenoxy) is 1. The molecule has 2 atom stereocenters. The normalized spacial score (nSPS) is 21.2. The Morgan fingerprint density at radius 1 is 1.70 bits per heavy atom. The maximum absolute atomic E-state index is 10.5. The van der Waals surface area contributed by atoms with E-state index in [0.717, 1.165) is 45.5 Å². The molecule has 116 valence electrons. The Labute approximate surface area is 125 Å². The Balaban J connectivity index is 2.41. The molecule has 2 unspecified atom stereocenters. The zero-order chi connectivity index (χ0) is 15.0. The van der Waals surface area contributed by atoms with E-state index in [1.807, 2.05) is 6.26 Å². The molecule has 1 aliphatic rings. The van der Waals surface area contributed by atoms with Gasteiger partial charge in [0.05, 0.1) is 11.5 Å². The zero-order valence-electron chi connectivity index (χ0n) is 12.5. The fraction of sp³-hybridized carbons (Fsp3) is 0.846. The molecule has 0 spiro atoms. The molecule has 1 rings (SSSR count). The van der Waals surface area contributed by atoms with E-state index >= 15 is 0 Å². The number of hydrogen-bond acceptors (Lipinski definition) is 6. The Kier molecular flexibility index (Phi) is 7.94. The molecular weight excluding hydrogens is 278 g/mol. The van der Waals surface area contributed by atoms with E-state index in [-0.39, 0.29) is 6.04 Å². The Bertz CT molecular complexity index is 333. The first-order valence-corrected chi connectivity index (χ1v) is 8.23. The first kappa shape index (κ1) is 17.3. The summed E-state index contributed by atoms with van der Waals surface area (Å²) in [6, 6.07) is 0.177. The standard InChI is InChI=1S/C13H25N3O3S/c1-4-15(8-12-5-6-19-10-12)7-11(2)14-13(20-3)9-16(17)18/h9,11-12,14H,4-8,10H2,1-3H3. The third-order valence-electron chi connectivity index (χ3n) is 3.35. The van der Waals surface area contributed by atoms with E-state index in [1.165, 1.54) is 11.8 Å². The Hall–Kier alpha value is -0.790. The first-order chi connectivity index (χ1) is 9.55. The van der Waals surface area contributed by atoms with Crippen LogP contribution in [0.2, 0.25) is 0 Å². The average Bonchev–Trinajstić information content (AvgIpc) is 2.89. The molecule has 0 radical (unpaired) electrons.